The molecule has 0 aromatic carbocycles. The highest BCUT2D eigenvalue weighted by molar-refractivity contribution is 7.13. The molecule has 0 bridgehead atoms. The molecule has 0 radical (unpaired) electrons. The molecule has 1 aromatic heterocycles. The van der Waals surface area contributed by atoms with Crippen molar-refractivity contribution in [3.63, 3.8) is 0 Å². The van der Waals surface area contributed by atoms with Crippen LogP contribution in [0.5, 0.6) is 0 Å². The number of hydrogen-bond donors (Lipinski definition) is 1. The van der Waals surface area contributed by atoms with E-state index in [1.165, 1.54) is 0 Å². The van der Waals surface area contributed by atoms with Crippen LogP contribution in [-0.2, 0) is 6.42 Å². The normalized spacial score (nSPS) is 19.2. The van der Waals surface area contributed by atoms with Gasteiger partial charge in [0, 0.05) is 12.5 Å². The van der Waals surface area contributed by atoms with Crippen LogP contribution in [0.3, 0.4) is 0 Å². The van der Waals surface area contributed by atoms with Gasteiger partial charge >= 0.3 is 0 Å². The minimum Gasteiger partial charge on any atom is -0.351 e. The lowest BCUT2D eigenvalue weighted by Gasteiger charge is -2.21. The average Bonchev–Trinajstić information content (AvgIpc) is 2.53. The SMILES string of the molecule is CC(C)c1nc2c(s1)C(=O)NCC(C)(C)C2. The van der Waals surface area contributed by atoms with E-state index in [4.69, 9.17) is 0 Å². The van der Waals surface area contributed by atoms with Gasteiger partial charge in [0.2, 0.25) is 0 Å². The predicted octanol–water partition coefficient (Wildman–Crippen LogP) is 2.58. The first-order chi connectivity index (χ1) is 7.39. The number of carbonyl (C=O) groups excluding carboxylic acids is 1. The third-order valence-corrected chi connectivity index (χ3v) is 4.18. The van der Waals surface area contributed by atoms with Crippen LogP contribution in [0.25, 0.3) is 0 Å². The monoisotopic (exact) mass is 238 g/mol. The van der Waals surface area contributed by atoms with Crippen LogP contribution in [0.2, 0.25) is 0 Å². The molecule has 1 amide bonds. The van der Waals surface area contributed by atoms with Crippen molar-refractivity contribution >= 4 is 17.2 Å². The van der Waals surface area contributed by atoms with E-state index in [-0.39, 0.29) is 11.3 Å². The van der Waals surface area contributed by atoms with E-state index in [1.807, 2.05) is 0 Å². The molecule has 0 unspecified atom stereocenters. The Morgan fingerprint density at radius 1 is 1.44 bits per heavy atom. The van der Waals surface area contributed by atoms with Crippen molar-refractivity contribution in [3.05, 3.63) is 15.6 Å². The van der Waals surface area contributed by atoms with Crippen LogP contribution in [0.1, 0.15) is 54.0 Å². The Labute approximate surface area is 100 Å². The number of nitrogens with zero attached hydrogens (tertiary/aromatic N) is 1. The summed E-state index contributed by atoms with van der Waals surface area (Å²) >= 11 is 1.54. The number of aromatic nitrogens is 1. The molecule has 0 aliphatic carbocycles. The molecule has 0 saturated carbocycles. The van der Waals surface area contributed by atoms with Gasteiger partial charge in [0.15, 0.2) is 0 Å². The highest BCUT2D eigenvalue weighted by atomic mass is 32.1. The zero-order chi connectivity index (χ0) is 11.9. The average molecular weight is 238 g/mol. The maximum Gasteiger partial charge on any atom is 0.263 e. The Hall–Kier alpha value is -0.900. The van der Waals surface area contributed by atoms with Crippen molar-refractivity contribution in [1.82, 2.24) is 10.3 Å². The number of rotatable bonds is 1. The zero-order valence-electron chi connectivity index (χ0n) is 10.3. The van der Waals surface area contributed by atoms with Gasteiger partial charge in [-0.05, 0) is 11.8 Å². The van der Waals surface area contributed by atoms with Crippen molar-refractivity contribution in [2.75, 3.05) is 6.54 Å². The van der Waals surface area contributed by atoms with Crippen molar-refractivity contribution in [2.24, 2.45) is 5.41 Å². The first-order valence-corrected chi connectivity index (χ1v) is 6.48. The topological polar surface area (TPSA) is 42.0 Å². The van der Waals surface area contributed by atoms with Crippen LogP contribution >= 0.6 is 11.3 Å². The summed E-state index contributed by atoms with van der Waals surface area (Å²) in [5.41, 5.74) is 1.08. The van der Waals surface area contributed by atoms with Crippen LogP contribution < -0.4 is 5.32 Å². The molecule has 1 aliphatic rings. The van der Waals surface area contributed by atoms with Gasteiger partial charge in [-0.3, -0.25) is 4.79 Å². The zero-order valence-corrected chi connectivity index (χ0v) is 11.1. The molecule has 1 aromatic rings. The number of amides is 1. The van der Waals surface area contributed by atoms with Crippen molar-refractivity contribution in [3.8, 4) is 0 Å². The fourth-order valence-corrected chi connectivity index (χ4v) is 2.83. The van der Waals surface area contributed by atoms with E-state index in [2.05, 4.69) is 38.0 Å². The van der Waals surface area contributed by atoms with Gasteiger partial charge in [-0.15, -0.1) is 11.3 Å². The van der Waals surface area contributed by atoms with E-state index in [1.54, 1.807) is 11.3 Å². The van der Waals surface area contributed by atoms with Crippen LogP contribution in [0, 0.1) is 5.41 Å². The standard InChI is InChI=1S/C12H18N2OS/c1-7(2)11-14-8-5-12(3,4)6-13-10(15)9(8)16-11/h7H,5-6H2,1-4H3,(H,13,15). The summed E-state index contributed by atoms with van der Waals surface area (Å²) in [7, 11) is 0. The summed E-state index contributed by atoms with van der Waals surface area (Å²) in [6.45, 7) is 9.28. The third kappa shape index (κ3) is 2.12. The fraction of sp³-hybridized carbons (Fsp3) is 0.667. The Morgan fingerprint density at radius 2 is 2.12 bits per heavy atom. The summed E-state index contributed by atoms with van der Waals surface area (Å²) in [4.78, 5) is 17.3. The van der Waals surface area contributed by atoms with E-state index in [0.29, 0.717) is 5.92 Å². The molecule has 0 fully saturated rings. The molecule has 2 heterocycles. The second-order valence-electron chi connectivity index (χ2n) is 5.51. The maximum absolute atomic E-state index is 11.9. The van der Waals surface area contributed by atoms with Crippen molar-refractivity contribution < 1.29 is 4.79 Å². The lowest BCUT2D eigenvalue weighted by Crippen LogP contribution is -2.31. The summed E-state index contributed by atoms with van der Waals surface area (Å²) < 4.78 is 0. The summed E-state index contributed by atoms with van der Waals surface area (Å²) in [6.07, 6.45) is 0.879. The molecule has 0 atom stereocenters. The summed E-state index contributed by atoms with van der Waals surface area (Å²) in [5.74, 6) is 0.442. The number of thiazole rings is 1. The molecule has 1 aliphatic heterocycles. The Balaban J connectivity index is 2.42. The first kappa shape index (κ1) is 11.6. The highest BCUT2D eigenvalue weighted by Crippen LogP contribution is 2.31. The quantitative estimate of drug-likeness (QED) is 0.817. The number of hydrogen-bond acceptors (Lipinski definition) is 3. The van der Waals surface area contributed by atoms with Gasteiger partial charge in [-0.2, -0.15) is 0 Å². The minimum absolute atomic E-state index is 0.0463. The van der Waals surface area contributed by atoms with Gasteiger partial charge in [-0.1, -0.05) is 27.7 Å². The number of nitrogens with one attached hydrogen (secondary N) is 1. The predicted molar refractivity (Wildman–Crippen MR) is 66.0 cm³/mol. The molecular formula is C12H18N2OS. The first-order valence-electron chi connectivity index (χ1n) is 5.67. The molecule has 0 spiro atoms. The Bertz CT molecular complexity index is 421. The summed E-state index contributed by atoms with van der Waals surface area (Å²) in [6, 6.07) is 0. The molecule has 88 valence electrons. The van der Waals surface area contributed by atoms with E-state index < -0.39 is 0 Å². The van der Waals surface area contributed by atoms with Gasteiger partial charge in [0.25, 0.3) is 5.91 Å². The molecule has 0 saturated heterocycles. The second kappa shape index (κ2) is 3.84. The molecule has 16 heavy (non-hydrogen) atoms. The third-order valence-electron chi connectivity index (χ3n) is 2.79. The van der Waals surface area contributed by atoms with E-state index in [0.717, 1.165) is 28.5 Å². The minimum atomic E-state index is 0.0463. The number of fused-ring (bicyclic) bond motifs is 1. The number of carbonyl (C=O) groups is 1. The largest absolute Gasteiger partial charge is 0.351 e. The van der Waals surface area contributed by atoms with Crippen LogP contribution in [0.4, 0.5) is 0 Å². The van der Waals surface area contributed by atoms with Gasteiger partial charge < -0.3 is 5.32 Å². The van der Waals surface area contributed by atoms with Gasteiger partial charge in [0.05, 0.1) is 10.7 Å². The lowest BCUT2D eigenvalue weighted by atomic mass is 9.88. The van der Waals surface area contributed by atoms with E-state index in [9.17, 15) is 4.79 Å². The Morgan fingerprint density at radius 3 is 2.75 bits per heavy atom. The maximum atomic E-state index is 11.9. The lowest BCUT2D eigenvalue weighted by molar-refractivity contribution is 0.0948. The molecule has 3 nitrogen and oxygen atoms in total. The Kier molecular flexibility index (Phi) is 2.78. The fourth-order valence-electron chi connectivity index (χ4n) is 1.83. The van der Waals surface area contributed by atoms with Crippen LogP contribution in [-0.4, -0.2) is 17.4 Å². The molecule has 4 heteroatoms. The van der Waals surface area contributed by atoms with Crippen LogP contribution in [0.15, 0.2) is 0 Å². The van der Waals surface area contributed by atoms with Gasteiger partial charge in [-0.25, -0.2) is 4.98 Å². The van der Waals surface area contributed by atoms with E-state index >= 15 is 0 Å². The van der Waals surface area contributed by atoms with Gasteiger partial charge in [0.1, 0.15) is 4.88 Å². The highest BCUT2D eigenvalue weighted by Gasteiger charge is 2.30. The summed E-state index contributed by atoms with van der Waals surface area (Å²) in [5, 5.41) is 4.04. The molecule has 2 rings (SSSR count). The molecule has 1 N–H and O–H groups in total. The second-order valence-corrected chi connectivity index (χ2v) is 6.54. The smallest absolute Gasteiger partial charge is 0.263 e. The molecular weight excluding hydrogens is 220 g/mol. The van der Waals surface area contributed by atoms with Crippen molar-refractivity contribution in [1.29, 1.82) is 0 Å². The van der Waals surface area contributed by atoms with Crippen molar-refractivity contribution in [2.45, 2.75) is 40.0 Å².